The summed E-state index contributed by atoms with van der Waals surface area (Å²) in [4.78, 5) is 16.2. The first kappa shape index (κ1) is 11.7. The second-order valence-electron chi connectivity index (χ2n) is 4.47. The second kappa shape index (κ2) is 5.10. The fraction of sp³-hybridized carbons (Fsp3) is 0.200. The van der Waals surface area contributed by atoms with Crippen LogP contribution in [0.25, 0.3) is 5.69 Å². The van der Waals surface area contributed by atoms with E-state index in [1.807, 2.05) is 30.3 Å². The highest BCUT2D eigenvalue weighted by molar-refractivity contribution is 5.99. The van der Waals surface area contributed by atoms with E-state index < -0.39 is 0 Å². The van der Waals surface area contributed by atoms with Gasteiger partial charge in [0.2, 0.25) is 0 Å². The molecule has 0 fully saturated rings. The lowest BCUT2D eigenvalue weighted by Crippen LogP contribution is -2.30. The van der Waals surface area contributed by atoms with Crippen LogP contribution in [0.1, 0.15) is 12.0 Å². The fourth-order valence-electron chi connectivity index (χ4n) is 2.15. The zero-order valence-corrected chi connectivity index (χ0v) is 10.5. The Kier molecular flexibility index (Phi) is 3.14. The summed E-state index contributed by atoms with van der Waals surface area (Å²) >= 11 is 0. The van der Waals surface area contributed by atoms with E-state index in [0.29, 0.717) is 0 Å². The Hall–Kier alpha value is -2.36. The molecule has 2 aromatic rings. The lowest BCUT2D eigenvalue weighted by molar-refractivity contribution is 0.742. The second-order valence-corrected chi connectivity index (χ2v) is 4.47. The summed E-state index contributed by atoms with van der Waals surface area (Å²) in [6.07, 6.45) is 2.86. The molecular formula is C15H15N3O. The van der Waals surface area contributed by atoms with Crippen molar-refractivity contribution in [3.05, 3.63) is 64.6 Å². The molecule has 4 nitrogen and oxygen atoms in total. The molecule has 0 spiro atoms. The largest absolute Gasteiger partial charge is 0.370 e. The van der Waals surface area contributed by atoms with Gasteiger partial charge >= 0.3 is 0 Å². The van der Waals surface area contributed by atoms with Crippen molar-refractivity contribution < 1.29 is 0 Å². The number of rotatable bonds is 2. The monoisotopic (exact) mass is 253 g/mol. The number of nitrogens with zero attached hydrogens (tertiary/aromatic N) is 2. The van der Waals surface area contributed by atoms with Gasteiger partial charge in [-0.25, -0.2) is 0 Å². The Morgan fingerprint density at radius 1 is 1.11 bits per heavy atom. The predicted molar refractivity (Wildman–Crippen MR) is 76.1 cm³/mol. The third kappa shape index (κ3) is 2.42. The molecular weight excluding hydrogens is 238 g/mol. The molecule has 0 atom stereocenters. The van der Waals surface area contributed by atoms with Gasteiger partial charge in [0, 0.05) is 36.6 Å². The summed E-state index contributed by atoms with van der Waals surface area (Å²) in [6.45, 7) is 1.85. The molecule has 2 heterocycles. The first-order chi connectivity index (χ1) is 9.34. The van der Waals surface area contributed by atoms with Crippen molar-refractivity contribution in [2.75, 3.05) is 13.1 Å². The number of amidine groups is 1. The molecule has 96 valence electrons. The highest BCUT2D eigenvalue weighted by atomic mass is 16.1. The van der Waals surface area contributed by atoms with Crippen LogP contribution in [0.2, 0.25) is 0 Å². The Bertz CT molecular complexity index is 656. The third-order valence-electron chi connectivity index (χ3n) is 3.14. The number of pyridine rings is 1. The van der Waals surface area contributed by atoms with Gasteiger partial charge in [0.05, 0.1) is 0 Å². The highest BCUT2D eigenvalue weighted by Gasteiger charge is 2.07. The van der Waals surface area contributed by atoms with Crippen molar-refractivity contribution in [3.63, 3.8) is 0 Å². The van der Waals surface area contributed by atoms with E-state index >= 15 is 0 Å². The zero-order chi connectivity index (χ0) is 13.1. The number of hydrogen-bond acceptors (Lipinski definition) is 3. The Morgan fingerprint density at radius 2 is 1.95 bits per heavy atom. The summed E-state index contributed by atoms with van der Waals surface area (Å²) in [5.41, 5.74) is 1.90. The standard InChI is InChI=1S/C15H15N3O/c19-14-4-1-2-11-18(14)13-7-5-12(6-8-13)15-16-9-3-10-17-15/h1-2,4-8,11H,3,9-10H2,(H,16,17). The molecule has 0 aliphatic carbocycles. The molecule has 1 aromatic heterocycles. The van der Waals surface area contributed by atoms with Gasteiger partial charge in [-0.3, -0.25) is 14.4 Å². The fourth-order valence-corrected chi connectivity index (χ4v) is 2.15. The van der Waals surface area contributed by atoms with Crippen molar-refractivity contribution in [3.8, 4) is 5.69 Å². The van der Waals surface area contributed by atoms with Crippen molar-refractivity contribution >= 4 is 5.84 Å². The minimum Gasteiger partial charge on any atom is -0.370 e. The van der Waals surface area contributed by atoms with Crippen LogP contribution in [0, 0.1) is 0 Å². The maximum absolute atomic E-state index is 11.7. The average molecular weight is 253 g/mol. The van der Waals surface area contributed by atoms with E-state index in [0.717, 1.165) is 36.6 Å². The van der Waals surface area contributed by atoms with Gasteiger partial charge in [0.15, 0.2) is 0 Å². The SMILES string of the molecule is O=c1ccccn1-c1ccc(C2=NCCCN2)cc1. The molecule has 1 aliphatic rings. The van der Waals surface area contributed by atoms with E-state index in [4.69, 9.17) is 0 Å². The van der Waals surface area contributed by atoms with Crippen LogP contribution in [0.3, 0.4) is 0 Å². The van der Waals surface area contributed by atoms with Crippen LogP contribution in [0.15, 0.2) is 58.4 Å². The molecule has 0 bridgehead atoms. The van der Waals surface area contributed by atoms with E-state index in [1.54, 1.807) is 22.9 Å². The number of hydrogen-bond donors (Lipinski definition) is 1. The molecule has 0 saturated carbocycles. The first-order valence-electron chi connectivity index (χ1n) is 6.41. The lowest BCUT2D eigenvalue weighted by atomic mass is 10.1. The number of aromatic nitrogens is 1. The minimum atomic E-state index is -0.0246. The molecule has 3 rings (SSSR count). The van der Waals surface area contributed by atoms with E-state index in [1.165, 1.54) is 0 Å². The first-order valence-corrected chi connectivity index (χ1v) is 6.41. The predicted octanol–water partition coefficient (Wildman–Crippen LogP) is 1.58. The van der Waals surface area contributed by atoms with Crippen molar-refractivity contribution in [2.24, 2.45) is 4.99 Å². The molecule has 1 aromatic carbocycles. The maximum Gasteiger partial charge on any atom is 0.255 e. The van der Waals surface area contributed by atoms with Crippen LogP contribution in [-0.4, -0.2) is 23.5 Å². The Balaban J connectivity index is 1.93. The van der Waals surface area contributed by atoms with Crippen molar-refractivity contribution in [1.29, 1.82) is 0 Å². The van der Waals surface area contributed by atoms with Gasteiger partial charge in [0.25, 0.3) is 5.56 Å². The van der Waals surface area contributed by atoms with Gasteiger partial charge in [-0.2, -0.15) is 0 Å². The van der Waals surface area contributed by atoms with Crippen molar-refractivity contribution in [1.82, 2.24) is 9.88 Å². The quantitative estimate of drug-likeness (QED) is 0.883. The molecule has 0 amide bonds. The van der Waals surface area contributed by atoms with Gasteiger partial charge in [-0.1, -0.05) is 6.07 Å². The summed E-state index contributed by atoms with van der Waals surface area (Å²) in [5.74, 6) is 0.943. The van der Waals surface area contributed by atoms with E-state index in [-0.39, 0.29) is 5.56 Å². The van der Waals surface area contributed by atoms with Gasteiger partial charge in [-0.05, 0) is 36.8 Å². The Morgan fingerprint density at radius 3 is 2.63 bits per heavy atom. The number of nitrogens with one attached hydrogen (secondary N) is 1. The van der Waals surface area contributed by atoms with E-state index in [2.05, 4.69) is 10.3 Å². The maximum atomic E-state index is 11.7. The van der Waals surface area contributed by atoms with Gasteiger partial charge in [0.1, 0.15) is 5.84 Å². The molecule has 0 unspecified atom stereocenters. The Labute approximate surface area is 111 Å². The normalized spacial score (nSPS) is 14.6. The van der Waals surface area contributed by atoms with Crippen LogP contribution >= 0.6 is 0 Å². The van der Waals surface area contributed by atoms with Crippen LogP contribution in [0.5, 0.6) is 0 Å². The molecule has 4 heteroatoms. The van der Waals surface area contributed by atoms with Crippen LogP contribution in [0.4, 0.5) is 0 Å². The minimum absolute atomic E-state index is 0.0246. The van der Waals surface area contributed by atoms with Crippen LogP contribution in [-0.2, 0) is 0 Å². The molecule has 1 aliphatic heterocycles. The number of benzene rings is 1. The summed E-state index contributed by atoms with van der Waals surface area (Å²) in [7, 11) is 0. The molecule has 0 radical (unpaired) electrons. The van der Waals surface area contributed by atoms with Crippen LogP contribution < -0.4 is 10.9 Å². The van der Waals surface area contributed by atoms with Crippen molar-refractivity contribution in [2.45, 2.75) is 6.42 Å². The average Bonchev–Trinajstić information content (AvgIpc) is 2.49. The third-order valence-corrected chi connectivity index (χ3v) is 3.14. The highest BCUT2D eigenvalue weighted by Crippen LogP contribution is 2.09. The molecule has 0 saturated heterocycles. The number of aliphatic imine (C=N–C) groups is 1. The summed E-state index contributed by atoms with van der Waals surface area (Å²) in [5, 5.41) is 3.29. The molecule has 1 N–H and O–H groups in total. The molecule has 19 heavy (non-hydrogen) atoms. The van der Waals surface area contributed by atoms with Gasteiger partial charge < -0.3 is 5.32 Å². The smallest absolute Gasteiger partial charge is 0.255 e. The topological polar surface area (TPSA) is 46.4 Å². The van der Waals surface area contributed by atoms with Gasteiger partial charge in [-0.15, -0.1) is 0 Å². The van der Waals surface area contributed by atoms with E-state index in [9.17, 15) is 4.79 Å². The lowest BCUT2D eigenvalue weighted by Gasteiger charge is -2.15. The summed E-state index contributed by atoms with van der Waals surface area (Å²) in [6, 6.07) is 13.0. The summed E-state index contributed by atoms with van der Waals surface area (Å²) < 4.78 is 1.62. The zero-order valence-electron chi connectivity index (χ0n) is 10.5.